The molecule has 1 saturated heterocycles. The van der Waals surface area contributed by atoms with E-state index in [1.807, 2.05) is 18.2 Å². The molecule has 2 aromatic rings. The molecule has 32 heavy (non-hydrogen) atoms. The number of amides is 1. The van der Waals surface area contributed by atoms with Crippen LogP contribution in [-0.4, -0.2) is 55.4 Å². The Morgan fingerprint density at radius 2 is 1.81 bits per heavy atom. The number of rotatable bonds is 6. The van der Waals surface area contributed by atoms with Crippen molar-refractivity contribution in [2.24, 2.45) is 5.10 Å². The van der Waals surface area contributed by atoms with Crippen LogP contribution in [0, 0.1) is 13.8 Å². The molecule has 2 aliphatic rings. The van der Waals surface area contributed by atoms with Gasteiger partial charge in [-0.15, -0.1) is 0 Å². The molecular formula is C26H33N3O3. The fourth-order valence-electron chi connectivity index (χ4n) is 4.76. The first-order valence-electron chi connectivity index (χ1n) is 11.4. The Labute approximate surface area is 190 Å². The molecule has 1 unspecified atom stereocenters. The van der Waals surface area contributed by atoms with Crippen LogP contribution in [0.1, 0.15) is 54.0 Å². The Hall–Kier alpha value is -2.86. The van der Waals surface area contributed by atoms with E-state index in [1.165, 1.54) is 17.5 Å². The van der Waals surface area contributed by atoms with E-state index in [2.05, 4.69) is 36.9 Å². The summed E-state index contributed by atoms with van der Waals surface area (Å²) in [6, 6.07) is 11.9. The molecule has 1 atom stereocenters. The number of carbonyl (C=O) groups excluding carboxylic acids is 1. The van der Waals surface area contributed by atoms with Crippen molar-refractivity contribution in [1.29, 1.82) is 0 Å². The molecule has 0 bridgehead atoms. The maximum absolute atomic E-state index is 13.5. The van der Waals surface area contributed by atoms with Gasteiger partial charge < -0.3 is 9.47 Å². The number of hydrogen-bond donors (Lipinski definition) is 0. The zero-order valence-corrected chi connectivity index (χ0v) is 19.6. The Kier molecular flexibility index (Phi) is 6.80. The largest absolute Gasteiger partial charge is 0.497 e. The predicted octanol–water partition coefficient (Wildman–Crippen LogP) is 4.48. The van der Waals surface area contributed by atoms with E-state index < -0.39 is 0 Å². The van der Waals surface area contributed by atoms with Gasteiger partial charge in [-0.1, -0.05) is 30.2 Å². The highest BCUT2D eigenvalue weighted by Crippen LogP contribution is 2.39. The number of likely N-dealkylation sites (tertiary alicyclic amines) is 1. The van der Waals surface area contributed by atoms with Crippen molar-refractivity contribution in [3.05, 3.63) is 58.7 Å². The molecule has 2 heterocycles. The highest BCUT2D eigenvalue weighted by atomic mass is 16.5. The van der Waals surface area contributed by atoms with Crippen molar-refractivity contribution in [3.8, 4) is 11.5 Å². The van der Waals surface area contributed by atoms with Gasteiger partial charge in [0, 0.05) is 17.5 Å². The molecule has 1 amide bonds. The Morgan fingerprint density at radius 1 is 1.03 bits per heavy atom. The lowest BCUT2D eigenvalue weighted by molar-refractivity contribution is -0.134. The number of hydrogen-bond acceptors (Lipinski definition) is 5. The van der Waals surface area contributed by atoms with Gasteiger partial charge in [0.2, 0.25) is 0 Å². The minimum atomic E-state index is -0.229. The number of ether oxygens (including phenoxy) is 2. The van der Waals surface area contributed by atoms with Crippen molar-refractivity contribution in [1.82, 2.24) is 9.91 Å². The maximum atomic E-state index is 13.5. The third kappa shape index (κ3) is 4.65. The third-order valence-corrected chi connectivity index (χ3v) is 6.46. The summed E-state index contributed by atoms with van der Waals surface area (Å²) in [5, 5.41) is 6.56. The zero-order chi connectivity index (χ0) is 22.7. The molecular weight excluding hydrogens is 402 g/mol. The van der Waals surface area contributed by atoms with E-state index in [-0.39, 0.29) is 11.9 Å². The minimum absolute atomic E-state index is 0.0292. The van der Waals surface area contributed by atoms with E-state index in [4.69, 9.17) is 14.6 Å². The summed E-state index contributed by atoms with van der Waals surface area (Å²) in [4.78, 5) is 15.7. The van der Waals surface area contributed by atoms with Crippen LogP contribution in [0.5, 0.6) is 11.5 Å². The van der Waals surface area contributed by atoms with Crippen LogP contribution in [0.3, 0.4) is 0 Å². The summed E-state index contributed by atoms with van der Waals surface area (Å²) in [6.45, 7) is 6.53. The van der Waals surface area contributed by atoms with Gasteiger partial charge in [-0.25, -0.2) is 5.01 Å². The average Bonchev–Trinajstić information content (AvgIpc) is 3.24. The fourth-order valence-corrected chi connectivity index (χ4v) is 4.76. The number of methoxy groups -OCH3 is 2. The topological polar surface area (TPSA) is 54.4 Å². The number of nitrogens with zero attached hydrogens (tertiary/aromatic N) is 3. The molecule has 170 valence electrons. The van der Waals surface area contributed by atoms with Crippen LogP contribution in [0.2, 0.25) is 0 Å². The maximum Gasteiger partial charge on any atom is 0.257 e. The molecule has 4 rings (SSSR count). The molecule has 6 nitrogen and oxygen atoms in total. The van der Waals surface area contributed by atoms with Crippen LogP contribution >= 0.6 is 0 Å². The van der Waals surface area contributed by atoms with Gasteiger partial charge in [0.25, 0.3) is 5.91 Å². The summed E-state index contributed by atoms with van der Waals surface area (Å²) < 4.78 is 11.1. The van der Waals surface area contributed by atoms with Crippen LogP contribution in [-0.2, 0) is 4.79 Å². The summed E-state index contributed by atoms with van der Waals surface area (Å²) in [5.41, 5.74) is 5.33. The van der Waals surface area contributed by atoms with Gasteiger partial charge in [0.1, 0.15) is 11.5 Å². The number of benzene rings is 2. The molecule has 0 spiro atoms. The Morgan fingerprint density at radius 3 is 2.50 bits per heavy atom. The van der Waals surface area contributed by atoms with E-state index in [1.54, 1.807) is 19.2 Å². The van der Waals surface area contributed by atoms with Crippen LogP contribution in [0.15, 0.2) is 41.5 Å². The lowest BCUT2D eigenvalue weighted by Crippen LogP contribution is -2.40. The second kappa shape index (κ2) is 9.74. The van der Waals surface area contributed by atoms with E-state index in [0.717, 1.165) is 54.3 Å². The second-order valence-electron chi connectivity index (χ2n) is 8.77. The highest BCUT2D eigenvalue weighted by Gasteiger charge is 2.36. The second-order valence-corrected chi connectivity index (χ2v) is 8.77. The zero-order valence-electron chi connectivity index (χ0n) is 19.6. The quantitative estimate of drug-likeness (QED) is 0.671. The van der Waals surface area contributed by atoms with E-state index in [9.17, 15) is 4.79 Å². The summed E-state index contributed by atoms with van der Waals surface area (Å²) >= 11 is 0. The SMILES string of the molecule is COc1ccc(OC)c(C2CC(c3ccc(C)cc3C)=NN2C(=O)CN2CCCCC2)c1. The average molecular weight is 436 g/mol. The van der Waals surface area contributed by atoms with Crippen LogP contribution < -0.4 is 9.47 Å². The molecule has 2 aliphatic heterocycles. The smallest absolute Gasteiger partial charge is 0.257 e. The number of piperidine rings is 1. The predicted molar refractivity (Wildman–Crippen MR) is 126 cm³/mol. The van der Waals surface area contributed by atoms with Crippen LogP contribution in [0.4, 0.5) is 0 Å². The normalized spacial score (nSPS) is 19.1. The molecule has 0 aliphatic carbocycles. The van der Waals surface area contributed by atoms with Crippen molar-refractivity contribution in [3.63, 3.8) is 0 Å². The standard InChI is InChI=1S/C26H33N3O3/c1-18-8-10-21(19(2)14-18)23-16-24(22-15-20(31-3)9-11-25(22)32-4)29(27-23)26(30)17-28-12-6-5-7-13-28/h8-11,14-15,24H,5-7,12-13,16-17H2,1-4H3. The van der Waals surface area contributed by atoms with Gasteiger partial charge in [0.15, 0.2) is 0 Å². The molecule has 2 aromatic carbocycles. The molecule has 0 N–H and O–H groups in total. The Balaban J connectivity index is 1.70. The third-order valence-electron chi connectivity index (χ3n) is 6.46. The molecule has 0 aromatic heterocycles. The monoisotopic (exact) mass is 435 g/mol. The summed E-state index contributed by atoms with van der Waals surface area (Å²) in [6.07, 6.45) is 4.18. The number of carbonyl (C=O) groups is 1. The number of hydrazone groups is 1. The van der Waals surface area contributed by atoms with Crippen LogP contribution in [0.25, 0.3) is 0 Å². The first-order valence-corrected chi connectivity index (χ1v) is 11.4. The fraction of sp³-hybridized carbons (Fsp3) is 0.462. The van der Waals surface area contributed by atoms with Crippen molar-refractivity contribution in [2.75, 3.05) is 33.9 Å². The lowest BCUT2D eigenvalue weighted by atomic mass is 9.94. The summed E-state index contributed by atoms with van der Waals surface area (Å²) in [5.74, 6) is 1.51. The van der Waals surface area contributed by atoms with Crippen molar-refractivity contribution in [2.45, 2.75) is 45.6 Å². The van der Waals surface area contributed by atoms with Crippen molar-refractivity contribution >= 4 is 11.6 Å². The molecule has 6 heteroatoms. The molecule has 0 saturated carbocycles. The molecule has 0 radical (unpaired) electrons. The van der Waals surface area contributed by atoms with Gasteiger partial charge in [-0.2, -0.15) is 5.10 Å². The summed E-state index contributed by atoms with van der Waals surface area (Å²) in [7, 11) is 3.31. The van der Waals surface area contributed by atoms with Gasteiger partial charge in [-0.05, 0) is 63.5 Å². The van der Waals surface area contributed by atoms with E-state index in [0.29, 0.717) is 13.0 Å². The Bertz CT molecular complexity index is 1010. The van der Waals surface area contributed by atoms with Crippen molar-refractivity contribution < 1.29 is 14.3 Å². The van der Waals surface area contributed by atoms with E-state index >= 15 is 0 Å². The lowest BCUT2D eigenvalue weighted by Gasteiger charge is -2.29. The van der Waals surface area contributed by atoms with Gasteiger partial charge >= 0.3 is 0 Å². The first kappa shape index (κ1) is 22.3. The van der Waals surface area contributed by atoms with Gasteiger partial charge in [-0.3, -0.25) is 9.69 Å². The minimum Gasteiger partial charge on any atom is -0.497 e. The molecule has 1 fully saturated rings. The number of aryl methyl sites for hydroxylation is 2. The highest BCUT2D eigenvalue weighted by molar-refractivity contribution is 6.04. The van der Waals surface area contributed by atoms with Gasteiger partial charge in [0.05, 0.1) is 32.5 Å². The first-order chi connectivity index (χ1) is 15.5.